The molecule has 0 saturated heterocycles. The highest BCUT2D eigenvalue weighted by atomic mass is 16.6. The van der Waals surface area contributed by atoms with Crippen molar-refractivity contribution in [2.24, 2.45) is 0 Å². The van der Waals surface area contributed by atoms with Crippen LogP contribution in [0, 0.1) is 0 Å². The van der Waals surface area contributed by atoms with Gasteiger partial charge in [-0.05, 0) is 36.1 Å². The Kier molecular flexibility index (Phi) is 6.85. The normalized spacial score (nSPS) is 11.7. The minimum Gasteiger partial charge on any atom is -0.445 e. The lowest BCUT2D eigenvalue weighted by Gasteiger charge is -2.16. The lowest BCUT2D eigenvalue weighted by Crippen LogP contribution is -2.42. The molecule has 2 aromatic carbocycles. The summed E-state index contributed by atoms with van der Waals surface area (Å²) < 4.78 is 15.7. The number of esters is 1. The maximum absolute atomic E-state index is 12.5. The van der Waals surface area contributed by atoms with Crippen molar-refractivity contribution in [2.45, 2.75) is 39.3 Å². The quantitative estimate of drug-likeness (QED) is 0.360. The number of aryl methyl sites for hydroxylation is 1. The van der Waals surface area contributed by atoms with E-state index in [-0.39, 0.29) is 12.4 Å². The Morgan fingerprint density at radius 2 is 1.83 bits per heavy atom. The minimum absolute atomic E-state index is 0.0988. The maximum atomic E-state index is 12.5. The summed E-state index contributed by atoms with van der Waals surface area (Å²) in [7, 11) is 0. The van der Waals surface area contributed by atoms with Crippen LogP contribution in [0.1, 0.15) is 31.4 Å². The van der Waals surface area contributed by atoms with Crippen molar-refractivity contribution < 1.29 is 23.5 Å². The van der Waals surface area contributed by atoms with Crippen LogP contribution in [0.3, 0.4) is 0 Å². The molecule has 1 heterocycles. The first-order chi connectivity index (χ1) is 14.5. The van der Waals surface area contributed by atoms with E-state index in [1.807, 2.05) is 37.3 Å². The van der Waals surface area contributed by atoms with Gasteiger partial charge in [-0.15, -0.1) is 0 Å². The average Bonchev–Trinajstić information content (AvgIpc) is 2.75. The molecule has 0 unspecified atom stereocenters. The Labute approximate surface area is 173 Å². The topological polar surface area (TPSA) is 94.8 Å². The molecule has 1 N–H and O–H groups in total. The van der Waals surface area contributed by atoms with Crippen LogP contribution in [0.2, 0.25) is 0 Å². The molecule has 1 aromatic heterocycles. The third-order valence-electron chi connectivity index (χ3n) is 4.60. The molecular weight excluding hydrogens is 386 g/mol. The molecule has 3 rings (SSSR count). The summed E-state index contributed by atoms with van der Waals surface area (Å²) in [6, 6.07) is 14.7. The Bertz CT molecular complexity index is 1090. The van der Waals surface area contributed by atoms with Crippen molar-refractivity contribution in [3.63, 3.8) is 0 Å². The van der Waals surface area contributed by atoms with E-state index in [1.165, 1.54) is 12.1 Å². The molecule has 0 saturated carbocycles. The number of nitrogens with one attached hydrogen (secondary N) is 1. The van der Waals surface area contributed by atoms with E-state index in [9.17, 15) is 14.4 Å². The smallest absolute Gasteiger partial charge is 0.408 e. The first kappa shape index (κ1) is 21.1. The highest BCUT2D eigenvalue weighted by molar-refractivity contribution is 5.85. The monoisotopic (exact) mass is 409 g/mol. The van der Waals surface area contributed by atoms with Crippen LogP contribution in [0.4, 0.5) is 4.79 Å². The zero-order chi connectivity index (χ0) is 21.5. The fourth-order valence-electron chi connectivity index (χ4n) is 2.99. The summed E-state index contributed by atoms with van der Waals surface area (Å²) in [5.41, 5.74) is 1.57. The van der Waals surface area contributed by atoms with Crippen molar-refractivity contribution in [1.29, 1.82) is 0 Å². The van der Waals surface area contributed by atoms with Gasteiger partial charge < -0.3 is 19.2 Å². The predicted molar refractivity (Wildman–Crippen MR) is 111 cm³/mol. The Balaban J connectivity index is 1.64. The van der Waals surface area contributed by atoms with Gasteiger partial charge in [-0.25, -0.2) is 14.4 Å². The Hall–Kier alpha value is -3.61. The lowest BCUT2D eigenvalue weighted by molar-refractivity contribution is -0.136. The van der Waals surface area contributed by atoms with Gasteiger partial charge in [-0.1, -0.05) is 44.2 Å². The van der Waals surface area contributed by atoms with Crippen LogP contribution in [-0.4, -0.2) is 18.1 Å². The van der Waals surface area contributed by atoms with Crippen LogP contribution >= 0.6 is 0 Å². The van der Waals surface area contributed by atoms with Gasteiger partial charge in [0.15, 0.2) is 0 Å². The molecule has 3 aromatic rings. The van der Waals surface area contributed by atoms with Gasteiger partial charge in [0.2, 0.25) is 0 Å². The number of hydrogen-bond acceptors (Lipinski definition) is 6. The number of hydrogen-bond donors (Lipinski definition) is 1. The first-order valence-electron chi connectivity index (χ1n) is 9.75. The molecule has 1 atom stereocenters. The highest BCUT2D eigenvalue weighted by Crippen LogP contribution is 2.23. The molecule has 0 spiro atoms. The minimum atomic E-state index is -0.877. The third-order valence-corrected chi connectivity index (χ3v) is 4.60. The molecule has 0 aliphatic carbocycles. The number of benzene rings is 2. The number of fused-ring (bicyclic) bond motifs is 1. The molecule has 156 valence electrons. The van der Waals surface area contributed by atoms with Crippen LogP contribution in [0.5, 0.6) is 5.75 Å². The van der Waals surface area contributed by atoms with Gasteiger partial charge in [0.1, 0.15) is 24.0 Å². The van der Waals surface area contributed by atoms with Gasteiger partial charge in [-0.3, -0.25) is 0 Å². The molecule has 0 fully saturated rings. The summed E-state index contributed by atoms with van der Waals surface area (Å²) in [5.74, 6) is -0.413. The van der Waals surface area contributed by atoms with Gasteiger partial charge >= 0.3 is 17.7 Å². The summed E-state index contributed by atoms with van der Waals surface area (Å²) in [4.78, 5) is 36.2. The largest absolute Gasteiger partial charge is 0.445 e. The fourth-order valence-corrected chi connectivity index (χ4v) is 2.99. The van der Waals surface area contributed by atoms with Crippen molar-refractivity contribution in [1.82, 2.24) is 5.32 Å². The van der Waals surface area contributed by atoms with E-state index in [0.29, 0.717) is 18.4 Å². The van der Waals surface area contributed by atoms with E-state index in [1.54, 1.807) is 19.1 Å². The standard InChI is InChI=1S/C23H23NO6/c1-3-16-12-21(25)30-20-13-17(10-11-18(16)20)29-22(26)19(4-2)24-23(27)28-14-15-8-6-5-7-9-15/h5-13,19H,3-4,14H2,1-2H3,(H,24,27)/t19-/m1/s1. The Morgan fingerprint density at radius 3 is 2.53 bits per heavy atom. The molecule has 1 amide bonds. The van der Waals surface area contributed by atoms with Gasteiger partial charge in [0.05, 0.1) is 0 Å². The van der Waals surface area contributed by atoms with E-state index >= 15 is 0 Å². The molecule has 0 bridgehead atoms. The van der Waals surface area contributed by atoms with Gasteiger partial charge in [0.25, 0.3) is 0 Å². The van der Waals surface area contributed by atoms with E-state index in [2.05, 4.69) is 5.32 Å². The summed E-state index contributed by atoms with van der Waals surface area (Å²) in [6.45, 7) is 3.79. The lowest BCUT2D eigenvalue weighted by atomic mass is 10.1. The number of amides is 1. The number of ether oxygens (including phenoxy) is 2. The summed E-state index contributed by atoms with van der Waals surface area (Å²) in [5, 5.41) is 3.30. The highest BCUT2D eigenvalue weighted by Gasteiger charge is 2.22. The molecule has 0 aliphatic heterocycles. The van der Waals surface area contributed by atoms with Crippen LogP contribution < -0.4 is 15.7 Å². The number of alkyl carbamates (subject to hydrolysis) is 1. The second-order valence-electron chi connectivity index (χ2n) is 6.69. The van der Waals surface area contributed by atoms with Crippen LogP contribution in [0.25, 0.3) is 11.0 Å². The Morgan fingerprint density at radius 1 is 1.07 bits per heavy atom. The molecule has 0 radical (unpaired) electrons. The third kappa shape index (κ3) is 5.26. The molecule has 0 aliphatic rings. The average molecular weight is 409 g/mol. The van der Waals surface area contributed by atoms with Crippen molar-refractivity contribution >= 4 is 23.0 Å². The zero-order valence-corrected chi connectivity index (χ0v) is 16.8. The van der Waals surface area contributed by atoms with Crippen LogP contribution in [0.15, 0.2) is 63.8 Å². The number of rotatable bonds is 7. The van der Waals surface area contributed by atoms with E-state index in [0.717, 1.165) is 16.5 Å². The second-order valence-corrected chi connectivity index (χ2v) is 6.69. The molecule has 7 nitrogen and oxygen atoms in total. The summed E-state index contributed by atoms with van der Waals surface area (Å²) >= 11 is 0. The number of carbonyl (C=O) groups is 2. The molecular formula is C23H23NO6. The van der Waals surface area contributed by atoms with E-state index < -0.39 is 23.7 Å². The van der Waals surface area contributed by atoms with Crippen LogP contribution in [-0.2, 0) is 22.6 Å². The summed E-state index contributed by atoms with van der Waals surface area (Å²) in [6.07, 6.45) is 0.288. The van der Waals surface area contributed by atoms with Crippen molar-refractivity contribution in [3.05, 3.63) is 76.1 Å². The van der Waals surface area contributed by atoms with Crippen molar-refractivity contribution in [3.8, 4) is 5.75 Å². The predicted octanol–water partition coefficient (Wildman–Crippen LogP) is 3.97. The maximum Gasteiger partial charge on any atom is 0.408 e. The van der Waals surface area contributed by atoms with Gasteiger partial charge in [-0.2, -0.15) is 0 Å². The van der Waals surface area contributed by atoms with Crippen molar-refractivity contribution in [2.75, 3.05) is 0 Å². The molecule has 7 heteroatoms. The SMILES string of the molecule is CCc1cc(=O)oc2cc(OC(=O)[C@@H](CC)NC(=O)OCc3ccccc3)ccc12. The molecule has 30 heavy (non-hydrogen) atoms. The first-order valence-corrected chi connectivity index (χ1v) is 9.75. The zero-order valence-electron chi connectivity index (χ0n) is 16.8. The number of carbonyl (C=O) groups excluding carboxylic acids is 2. The van der Waals surface area contributed by atoms with E-state index in [4.69, 9.17) is 13.9 Å². The fraction of sp³-hybridized carbons (Fsp3) is 0.261. The second kappa shape index (κ2) is 9.73. The van der Waals surface area contributed by atoms with Gasteiger partial charge in [0, 0.05) is 17.5 Å².